The largest absolute Gasteiger partial charge is 0.496 e. The third-order valence-corrected chi connectivity index (χ3v) is 4.43. The fourth-order valence-corrected chi connectivity index (χ4v) is 3.02. The van der Waals surface area contributed by atoms with Gasteiger partial charge in [0.2, 0.25) is 11.8 Å². The third kappa shape index (κ3) is 4.26. The molecule has 0 aliphatic carbocycles. The maximum absolute atomic E-state index is 12.7. The molecule has 0 spiro atoms. The van der Waals surface area contributed by atoms with Crippen molar-refractivity contribution in [2.24, 2.45) is 0 Å². The zero-order valence-corrected chi connectivity index (χ0v) is 15.0. The minimum absolute atomic E-state index is 0.0211. The minimum Gasteiger partial charge on any atom is -0.496 e. The Morgan fingerprint density at radius 2 is 1.96 bits per heavy atom. The predicted octanol–water partition coefficient (Wildman–Crippen LogP) is 0.859. The van der Waals surface area contributed by atoms with Crippen LogP contribution in [0, 0.1) is 0 Å². The van der Waals surface area contributed by atoms with Gasteiger partial charge in [0.1, 0.15) is 11.8 Å². The SMILES string of the molecule is COc1ccccc1CCC(=O)N1CCN(C)C[C@@H]1C(=O)N(C)C. The number of carbonyl (C=O) groups excluding carboxylic acids is 2. The second-order valence-corrected chi connectivity index (χ2v) is 6.41. The molecule has 2 amide bonds. The molecular weight excluding hydrogens is 306 g/mol. The van der Waals surface area contributed by atoms with E-state index in [0.717, 1.165) is 17.9 Å². The Hall–Kier alpha value is -2.08. The van der Waals surface area contributed by atoms with Crippen LogP contribution in [0.4, 0.5) is 0 Å². The highest BCUT2D eigenvalue weighted by Gasteiger charge is 2.34. The van der Waals surface area contributed by atoms with Crippen molar-refractivity contribution in [3.8, 4) is 5.75 Å². The van der Waals surface area contributed by atoms with Gasteiger partial charge >= 0.3 is 0 Å². The molecule has 6 heteroatoms. The highest BCUT2D eigenvalue weighted by atomic mass is 16.5. The van der Waals surface area contributed by atoms with Crippen LogP contribution >= 0.6 is 0 Å². The lowest BCUT2D eigenvalue weighted by Crippen LogP contribution is -2.59. The fourth-order valence-electron chi connectivity index (χ4n) is 3.02. The van der Waals surface area contributed by atoms with E-state index >= 15 is 0 Å². The van der Waals surface area contributed by atoms with Gasteiger partial charge in [-0.3, -0.25) is 9.59 Å². The highest BCUT2D eigenvalue weighted by Crippen LogP contribution is 2.20. The van der Waals surface area contributed by atoms with Gasteiger partial charge < -0.3 is 19.4 Å². The van der Waals surface area contributed by atoms with E-state index in [1.807, 2.05) is 31.3 Å². The molecule has 1 aliphatic heterocycles. The third-order valence-electron chi connectivity index (χ3n) is 4.43. The Kier molecular flexibility index (Phi) is 6.20. The average Bonchev–Trinajstić information content (AvgIpc) is 2.58. The number of aryl methyl sites for hydroxylation is 1. The zero-order chi connectivity index (χ0) is 17.7. The second-order valence-electron chi connectivity index (χ2n) is 6.41. The van der Waals surface area contributed by atoms with Crippen molar-refractivity contribution < 1.29 is 14.3 Å². The molecule has 2 rings (SSSR count). The van der Waals surface area contributed by atoms with Crippen LogP contribution in [0.3, 0.4) is 0 Å². The molecule has 1 aromatic carbocycles. The zero-order valence-electron chi connectivity index (χ0n) is 15.0. The summed E-state index contributed by atoms with van der Waals surface area (Å²) in [5.74, 6) is 0.797. The smallest absolute Gasteiger partial charge is 0.246 e. The summed E-state index contributed by atoms with van der Waals surface area (Å²) in [5, 5.41) is 0. The molecule has 1 fully saturated rings. The second kappa shape index (κ2) is 8.15. The highest BCUT2D eigenvalue weighted by molar-refractivity contribution is 5.88. The summed E-state index contributed by atoms with van der Waals surface area (Å²) >= 11 is 0. The van der Waals surface area contributed by atoms with Crippen LogP contribution < -0.4 is 4.74 Å². The molecule has 6 nitrogen and oxygen atoms in total. The first-order valence-electron chi connectivity index (χ1n) is 8.25. The van der Waals surface area contributed by atoms with Gasteiger partial charge in [-0.1, -0.05) is 18.2 Å². The Morgan fingerprint density at radius 3 is 2.62 bits per heavy atom. The van der Waals surface area contributed by atoms with Crippen molar-refractivity contribution in [3.63, 3.8) is 0 Å². The predicted molar refractivity (Wildman–Crippen MR) is 93.0 cm³/mol. The Labute approximate surface area is 144 Å². The van der Waals surface area contributed by atoms with Crippen LogP contribution in [0.5, 0.6) is 5.75 Å². The lowest BCUT2D eigenvalue weighted by molar-refractivity contribution is -0.147. The summed E-state index contributed by atoms with van der Waals surface area (Å²) in [4.78, 5) is 30.5. The van der Waals surface area contributed by atoms with Crippen molar-refractivity contribution in [2.45, 2.75) is 18.9 Å². The van der Waals surface area contributed by atoms with Crippen LogP contribution in [0.1, 0.15) is 12.0 Å². The van der Waals surface area contributed by atoms with Gasteiger partial charge in [0, 0.05) is 40.2 Å². The number of hydrogen-bond donors (Lipinski definition) is 0. The van der Waals surface area contributed by atoms with Crippen molar-refractivity contribution in [1.82, 2.24) is 14.7 Å². The van der Waals surface area contributed by atoms with Crippen molar-refractivity contribution in [1.29, 1.82) is 0 Å². The molecule has 0 radical (unpaired) electrons. The first-order valence-corrected chi connectivity index (χ1v) is 8.25. The number of para-hydroxylation sites is 1. The number of methoxy groups -OCH3 is 1. The normalized spacial score (nSPS) is 18.3. The minimum atomic E-state index is -0.399. The van der Waals surface area contributed by atoms with E-state index in [1.165, 1.54) is 0 Å². The molecule has 0 unspecified atom stereocenters. The quantitative estimate of drug-likeness (QED) is 0.802. The van der Waals surface area contributed by atoms with Crippen LogP contribution in [0.2, 0.25) is 0 Å². The lowest BCUT2D eigenvalue weighted by Gasteiger charge is -2.40. The van der Waals surface area contributed by atoms with Crippen LogP contribution in [-0.4, -0.2) is 80.4 Å². The van der Waals surface area contributed by atoms with E-state index in [4.69, 9.17) is 4.74 Å². The number of benzene rings is 1. The summed E-state index contributed by atoms with van der Waals surface area (Å²) < 4.78 is 5.34. The van der Waals surface area contributed by atoms with Crippen LogP contribution in [-0.2, 0) is 16.0 Å². The van der Waals surface area contributed by atoms with E-state index in [-0.39, 0.29) is 11.8 Å². The Bertz CT molecular complexity index is 589. The summed E-state index contributed by atoms with van der Waals surface area (Å²) in [6, 6.07) is 7.32. The number of rotatable bonds is 5. The molecule has 0 saturated carbocycles. The number of amides is 2. The van der Waals surface area contributed by atoms with E-state index in [1.54, 1.807) is 31.0 Å². The molecule has 0 bridgehead atoms. The van der Waals surface area contributed by atoms with E-state index < -0.39 is 6.04 Å². The standard InChI is InChI=1S/C18H27N3O3/c1-19(2)18(23)15-13-20(3)11-12-21(15)17(22)10-9-14-7-5-6-8-16(14)24-4/h5-8,15H,9-13H2,1-4H3/t15-/m1/s1. The molecule has 1 heterocycles. The monoisotopic (exact) mass is 333 g/mol. The van der Waals surface area contributed by atoms with Crippen LogP contribution in [0.25, 0.3) is 0 Å². The van der Waals surface area contributed by atoms with Gasteiger partial charge in [-0.2, -0.15) is 0 Å². The molecule has 1 saturated heterocycles. The van der Waals surface area contributed by atoms with Gasteiger partial charge in [0.05, 0.1) is 7.11 Å². The van der Waals surface area contributed by atoms with Crippen molar-refractivity contribution in [2.75, 3.05) is 47.9 Å². The number of nitrogens with zero attached hydrogens (tertiary/aromatic N) is 3. The molecule has 1 aromatic rings. The van der Waals surface area contributed by atoms with Gasteiger partial charge in [-0.25, -0.2) is 0 Å². The molecule has 1 aliphatic rings. The molecule has 24 heavy (non-hydrogen) atoms. The van der Waals surface area contributed by atoms with E-state index in [9.17, 15) is 9.59 Å². The summed E-state index contributed by atoms with van der Waals surface area (Å²) in [6.07, 6.45) is 0.985. The first kappa shape index (κ1) is 18.3. The van der Waals surface area contributed by atoms with Gasteiger partial charge in [-0.05, 0) is 25.1 Å². The summed E-state index contributed by atoms with van der Waals surface area (Å²) in [5.41, 5.74) is 1.01. The molecular formula is C18H27N3O3. The van der Waals surface area contributed by atoms with Gasteiger partial charge in [0.25, 0.3) is 0 Å². The van der Waals surface area contributed by atoms with E-state index in [0.29, 0.717) is 25.9 Å². The Balaban J connectivity index is 2.05. The molecule has 0 aromatic heterocycles. The Morgan fingerprint density at radius 1 is 1.25 bits per heavy atom. The topological polar surface area (TPSA) is 53.1 Å². The van der Waals surface area contributed by atoms with Gasteiger partial charge in [0.15, 0.2) is 0 Å². The molecule has 132 valence electrons. The number of ether oxygens (including phenoxy) is 1. The number of carbonyl (C=O) groups is 2. The fraction of sp³-hybridized carbons (Fsp3) is 0.556. The maximum Gasteiger partial charge on any atom is 0.246 e. The molecule has 0 N–H and O–H groups in total. The number of hydrogen-bond acceptors (Lipinski definition) is 4. The van der Waals surface area contributed by atoms with Crippen molar-refractivity contribution >= 4 is 11.8 Å². The van der Waals surface area contributed by atoms with Gasteiger partial charge in [-0.15, -0.1) is 0 Å². The lowest BCUT2D eigenvalue weighted by atomic mass is 10.1. The molecule has 1 atom stereocenters. The number of likely N-dealkylation sites (N-methyl/N-ethyl adjacent to an activating group) is 2. The maximum atomic E-state index is 12.7. The number of piperazine rings is 1. The van der Waals surface area contributed by atoms with Crippen molar-refractivity contribution in [3.05, 3.63) is 29.8 Å². The summed E-state index contributed by atoms with van der Waals surface area (Å²) in [6.45, 7) is 1.96. The average molecular weight is 333 g/mol. The van der Waals surface area contributed by atoms with E-state index in [2.05, 4.69) is 4.90 Å². The summed E-state index contributed by atoms with van der Waals surface area (Å²) in [7, 11) is 7.07. The first-order chi connectivity index (χ1) is 11.4. The van der Waals surface area contributed by atoms with Crippen LogP contribution in [0.15, 0.2) is 24.3 Å².